The standard InChI is InChI=1S/C9H18N4S/c1-7(2)10-4-8(3)11-5-9-6-12-13-14-9/h6-8,10-11H,4-5H2,1-3H3. The van der Waals surface area contributed by atoms with Crippen molar-refractivity contribution in [3.63, 3.8) is 0 Å². The van der Waals surface area contributed by atoms with Gasteiger partial charge in [-0.25, -0.2) is 0 Å². The van der Waals surface area contributed by atoms with Gasteiger partial charge in [0.2, 0.25) is 0 Å². The van der Waals surface area contributed by atoms with Crippen molar-refractivity contribution in [2.75, 3.05) is 6.54 Å². The number of nitrogens with one attached hydrogen (secondary N) is 2. The maximum Gasteiger partial charge on any atom is 0.0666 e. The van der Waals surface area contributed by atoms with Crippen LogP contribution in [0, 0.1) is 0 Å². The summed E-state index contributed by atoms with van der Waals surface area (Å²) in [6, 6.07) is 1.02. The lowest BCUT2D eigenvalue weighted by molar-refractivity contribution is 0.475. The topological polar surface area (TPSA) is 49.8 Å². The van der Waals surface area contributed by atoms with Crippen molar-refractivity contribution in [3.8, 4) is 0 Å². The Hall–Kier alpha value is -0.520. The molecule has 2 N–H and O–H groups in total. The van der Waals surface area contributed by atoms with Crippen LogP contribution in [0.2, 0.25) is 0 Å². The number of hydrogen-bond acceptors (Lipinski definition) is 5. The normalized spacial score (nSPS) is 13.4. The van der Waals surface area contributed by atoms with E-state index < -0.39 is 0 Å². The molecule has 14 heavy (non-hydrogen) atoms. The quantitative estimate of drug-likeness (QED) is 0.742. The van der Waals surface area contributed by atoms with E-state index in [1.807, 2.05) is 0 Å². The van der Waals surface area contributed by atoms with E-state index in [9.17, 15) is 0 Å². The predicted molar refractivity (Wildman–Crippen MR) is 59.3 cm³/mol. The maximum absolute atomic E-state index is 3.81. The van der Waals surface area contributed by atoms with Crippen molar-refractivity contribution in [2.24, 2.45) is 0 Å². The fourth-order valence-electron chi connectivity index (χ4n) is 1.02. The van der Waals surface area contributed by atoms with Crippen LogP contribution in [0.25, 0.3) is 0 Å². The molecule has 0 aliphatic rings. The zero-order chi connectivity index (χ0) is 10.4. The Labute approximate surface area is 89.3 Å². The first-order valence-corrected chi connectivity index (χ1v) is 5.69. The van der Waals surface area contributed by atoms with Crippen LogP contribution < -0.4 is 10.6 Å². The smallest absolute Gasteiger partial charge is 0.0666 e. The average molecular weight is 214 g/mol. The van der Waals surface area contributed by atoms with E-state index in [0.29, 0.717) is 12.1 Å². The highest BCUT2D eigenvalue weighted by atomic mass is 32.1. The zero-order valence-electron chi connectivity index (χ0n) is 8.95. The minimum atomic E-state index is 0.472. The predicted octanol–water partition coefficient (Wildman–Crippen LogP) is 1.01. The van der Waals surface area contributed by atoms with Gasteiger partial charge in [0, 0.05) is 25.2 Å². The third-order valence-electron chi connectivity index (χ3n) is 1.86. The van der Waals surface area contributed by atoms with Gasteiger partial charge in [-0.3, -0.25) is 0 Å². The van der Waals surface area contributed by atoms with Crippen LogP contribution in [0.1, 0.15) is 25.6 Å². The first-order chi connectivity index (χ1) is 6.68. The Balaban J connectivity index is 2.12. The molecule has 1 unspecified atom stereocenters. The van der Waals surface area contributed by atoms with Gasteiger partial charge < -0.3 is 10.6 Å². The SMILES string of the molecule is CC(C)NCC(C)NCc1cnns1. The first kappa shape index (κ1) is 11.6. The van der Waals surface area contributed by atoms with Gasteiger partial charge in [-0.1, -0.05) is 18.3 Å². The monoisotopic (exact) mass is 214 g/mol. The van der Waals surface area contributed by atoms with Crippen LogP contribution in [-0.4, -0.2) is 28.2 Å². The lowest BCUT2D eigenvalue weighted by atomic mass is 10.3. The highest BCUT2D eigenvalue weighted by molar-refractivity contribution is 7.05. The third kappa shape index (κ3) is 4.64. The third-order valence-corrected chi connectivity index (χ3v) is 2.52. The van der Waals surface area contributed by atoms with E-state index >= 15 is 0 Å². The van der Waals surface area contributed by atoms with Crippen molar-refractivity contribution in [3.05, 3.63) is 11.1 Å². The molecule has 0 amide bonds. The molecule has 0 saturated carbocycles. The van der Waals surface area contributed by atoms with E-state index in [2.05, 4.69) is 41.0 Å². The molecule has 0 fully saturated rings. The van der Waals surface area contributed by atoms with Crippen LogP contribution in [0.4, 0.5) is 0 Å². The van der Waals surface area contributed by atoms with Gasteiger partial charge in [-0.2, -0.15) is 0 Å². The molecule has 0 aliphatic carbocycles. The summed E-state index contributed by atoms with van der Waals surface area (Å²) in [6.07, 6.45) is 1.81. The van der Waals surface area contributed by atoms with Crippen LogP contribution >= 0.6 is 11.5 Å². The molecule has 1 heterocycles. The molecular formula is C9H18N4S. The summed E-state index contributed by atoms with van der Waals surface area (Å²) in [5, 5.41) is 10.6. The summed E-state index contributed by atoms with van der Waals surface area (Å²) < 4.78 is 3.81. The summed E-state index contributed by atoms with van der Waals surface area (Å²) in [6.45, 7) is 8.33. The summed E-state index contributed by atoms with van der Waals surface area (Å²) >= 11 is 1.45. The van der Waals surface area contributed by atoms with E-state index in [1.54, 1.807) is 6.20 Å². The molecule has 5 heteroatoms. The van der Waals surface area contributed by atoms with E-state index in [0.717, 1.165) is 13.1 Å². The van der Waals surface area contributed by atoms with Gasteiger partial charge in [0.25, 0.3) is 0 Å². The molecule has 4 nitrogen and oxygen atoms in total. The largest absolute Gasteiger partial charge is 0.313 e. The van der Waals surface area contributed by atoms with Gasteiger partial charge in [0.05, 0.1) is 11.1 Å². The van der Waals surface area contributed by atoms with E-state index in [-0.39, 0.29) is 0 Å². The lowest BCUT2D eigenvalue weighted by Gasteiger charge is -2.15. The summed E-state index contributed by atoms with van der Waals surface area (Å²) in [4.78, 5) is 1.18. The molecule has 80 valence electrons. The molecule has 0 spiro atoms. The number of rotatable bonds is 6. The minimum absolute atomic E-state index is 0.472. The number of hydrogen-bond donors (Lipinski definition) is 2. The van der Waals surface area contributed by atoms with E-state index in [1.165, 1.54) is 16.4 Å². The maximum atomic E-state index is 3.81. The zero-order valence-corrected chi connectivity index (χ0v) is 9.77. The molecule has 1 rings (SSSR count). The van der Waals surface area contributed by atoms with Gasteiger partial charge in [0.1, 0.15) is 0 Å². The fraction of sp³-hybridized carbons (Fsp3) is 0.778. The van der Waals surface area contributed by atoms with Crippen LogP contribution in [-0.2, 0) is 6.54 Å². The van der Waals surface area contributed by atoms with Crippen LogP contribution in [0.15, 0.2) is 6.20 Å². The van der Waals surface area contributed by atoms with Crippen molar-refractivity contribution in [1.29, 1.82) is 0 Å². The highest BCUT2D eigenvalue weighted by Crippen LogP contribution is 2.00. The molecule has 1 aromatic heterocycles. The second-order valence-corrected chi connectivity index (χ2v) is 4.60. The Morgan fingerprint density at radius 2 is 2.14 bits per heavy atom. The highest BCUT2D eigenvalue weighted by Gasteiger charge is 2.03. The Bertz CT molecular complexity index is 235. The number of nitrogens with zero attached hydrogens (tertiary/aromatic N) is 2. The van der Waals surface area contributed by atoms with Crippen molar-refractivity contribution < 1.29 is 0 Å². The minimum Gasteiger partial charge on any atom is -0.313 e. The van der Waals surface area contributed by atoms with Gasteiger partial charge in [0.15, 0.2) is 0 Å². The fourth-order valence-corrected chi connectivity index (χ4v) is 1.47. The summed E-state index contributed by atoms with van der Waals surface area (Å²) in [7, 11) is 0. The van der Waals surface area contributed by atoms with E-state index in [4.69, 9.17) is 0 Å². The Kier molecular flexibility index (Phi) is 5.00. The number of aromatic nitrogens is 2. The molecule has 0 aliphatic heterocycles. The molecular weight excluding hydrogens is 196 g/mol. The Morgan fingerprint density at radius 1 is 1.36 bits per heavy atom. The molecule has 0 bridgehead atoms. The molecule has 0 aromatic carbocycles. The van der Waals surface area contributed by atoms with Crippen molar-refractivity contribution >= 4 is 11.5 Å². The van der Waals surface area contributed by atoms with Crippen LogP contribution in [0.5, 0.6) is 0 Å². The average Bonchev–Trinajstić information content (AvgIpc) is 2.63. The lowest BCUT2D eigenvalue weighted by Crippen LogP contribution is -2.38. The van der Waals surface area contributed by atoms with Crippen LogP contribution in [0.3, 0.4) is 0 Å². The van der Waals surface area contributed by atoms with Crippen molar-refractivity contribution in [1.82, 2.24) is 20.2 Å². The molecule has 1 aromatic rings. The van der Waals surface area contributed by atoms with Gasteiger partial charge in [-0.05, 0) is 18.5 Å². The first-order valence-electron chi connectivity index (χ1n) is 4.91. The molecule has 1 atom stereocenters. The second-order valence-electron chi connectivity index (χ2n) is 3.73. The summed E-state index contributed by atoms with van der Waals surface area (Å²) in [5.41, 5.74) is 0. The second kappa shape index (κ2) is 6.06. The Morgan fingerprint density at radius 3 is 2.71 bits per heavy atom. The molecule has 0 saturated heterocycles. The molecule has 0 radical (unpaired) electrons. The summed E-state index contributed by atoms with van der Waals surface area (Å²) in [5.74, 6) is 0. The van der Waals surface area contributed by atoms with Crippen molar-refractivity contribution in [2.45, 2.75) is 39.4 Å². The van der Waals surface area contributed by atoms with Gasteiger partial charge >= 0.3 is 0 Å². The van der Waals surface area contributed by atoms with Gasteiger partial charge in [-0.15, -0.1) is 5.10 Å².